The van der Waals surface area contributed by atoms with Crippen LogP contribution in [-0.2, 0) is 16.6 Å². The molecule has 27 heavy (non-hydrogen) atoms. The largest absolute Gasteiger partial charge is 0.507 e. The molecule has 3 N–H and O–H groups in total. The van der Waals surface area contributed by atoms with Gasteiger partial charge in [0.2, 0.25) is 5.91 Å². The fraction of sp³-hybridized carbons (Fsp3) is 0.682. The molecule has 5 heteroatoms. The number of aliphatic hydroxyl groups is 2. The van der Waals surface area contributed by atoms with Crippen molar-refractivity contribution < 1.29 is 20.1 Å². The maximum Gasteiger partial charge on any atom is 0.223 e. The van der Waals surface area contributed by atoms with Gasteiger partial charge in [0, 0.05) is 12.0 Å². The molecule has 5 nitrogen and oxygen atoms in total. The summed E-state index contributed by atoms with van der Waals surface area (Å²) in [5, 5.41) is 29.9. The fourth-order valence-corrected chi connectivity index (χ4v) is 3.61. The van der Waals surface area contributed by atoms with E-state index >= 15 is 0 Å². The number of aromatic hydroxyl groups is 1. The van der Waals surface area contributed by atoms with Crippen LogP contribution in [-0.4, -0.2) is 50.4 Å². The first-order valence-corrected chi connectivity index (χ1v) is 9.55. The number of hydrogen-bond acceptors (Lipinski definition) is 4. The van der Waals surface area contributed by atoms with Gasteiger partial charge in [-0.25, -0.2) is 0 Å². The van der Waals surface area contributed by atoms with Gasteiger partial charge in [-0.15, -0.1) is 0 Å². The third-order valence-corrected chi connectivity index (χ3v) is 4.94. The quantitative estimate of drug-likeness (QED) is 0.708. The molecule has 0 aliphatic carbocycles. The molecular weight excluding hydrogens is 342 g/mol. The second kappa shape index (κ2) is 8.19. The third kappa shape index (κ3) is 5.45. The van der Waals surface area contributed by atoms with Crippen molar-refractivity contribution in [2.24, 2.45) is 0 Å². The summed E-state index contributed by atoms with van der Waals surface area (Å²) in [4.78, 5) is 14.6. The van der Waals surface area contributed by atoms with Gasteiger partial charge in [-0.1, -0.05) is 32.9 Å². The van der Waals surface area contributed by atoms with E-state index in [-0.39, 0.29) is 31.0 Å². The smallest absolute Gasteiger partial charge is 0.223 e. The molecule has 0 spiro atoms. The molecule has 0 radical (unpaired) electrons. The molecule has 154 valence electrons. The molecule has 0 bridgehead atoms. The summed E-state index contributed by atoms with van der Waals surface area (Å²) in [6.07, 6.45) is 0.795. The van der Waals surface area contributed by atoms with Crippen LogP contribution in [0.1, 0.15) is 71.6 Å². The molecule has 0 saturated heterocycles. The highest BCUT2D eigenvalue weighted by molar-refractivity contribution is 5.78. The van der Waals surface area contributed by atoms with E-state index < -0.39 is 11.1 Å². The second-order valence-corrected chi connectivity index (χ2v) is 9.77. The number of benzene rings is 1. The number of nitrogens with zero attached hydrogens (tertiary/aromatic N) is 1. The van der Waals surface area contributed by atoms with Crippen LogP contribution in [0.15, 0.2) is 12.1 Å². The lowest BCUT2D eigenvalue weighted by molar-refractivity contribution is -0.150. The summed E-state index contributed by atoms with van der Waals surface area (Å²) in [7, 11) is 0. The van der Waals surface area contributed by atoms with Gasteiger partial charge >= 0.3 is 0 Å². The summed E-state index contributed by atoms with van der Waals surface area (Å²) in [5.74, 6) is 0.193. The third-order valence-electron chi connectivity index (χ3n) is 4.94. The Morgan fingerprint density at radius 3 is 1.93 bits per heavy atom. The summed E-state index contributed by atoms with van der Waals surface area (Å²) in [5.41, 5.74) is 0.919. The zero-order chi connectivity index (χ0) is 21.2. The van der Waals surface area contributed by atoms with Crippen molar-refractivity contribution in [3.05, 3.63) is 28.8 Å². The topological polar surface area (TPSA) is 81.0 Å². The average Bonchev–Trinajstić information content (AvgIpc) is 2.53. The van der Waals surface area contributed by atoms with Crippen LogP contribution in [0.5, 0.6) is 5.75 Å². The Hall–Kier alpha value is -1.59. The second-order valence-electron chi connectivity index (χ2n) is 9.77. The van der Waals surface area contributed by atoms with Crippen LogP contribution in [0.2, 0.25) is 0 Å². The van der Waals surface area contributed by atoms with E-state index in [9.17, 15) is 20.1 Å². The van der Waals surface area contributed by atoms with Gasteiger partial charge in [0.25, 0.3) is 0 Å². The van der Waals surface area contributed by atoms with Gasteiger partial charge in [0.1, 0.15) is 5.75 Å². The molecule has 1 aromatic carbocycles. The highest BCUT2D eigenvalue weighted by Crippen LogP contribution is 2.34. The van der Waals surface area contributed by atoms with E-state index in [4.69, 9.17) is 0 Å². The summed E-state index contributed by atoms with van der Waals surface area (Å²) >= 11 is 0. The van der Waals surface area contributed by atoms with Crippen molar-refractivity contribution in [3.63, 3.8) is 0 Å². The monoisotopic (exact) mass is 379 g/mol. The van der Waals surface area contributed by atoms with E-state index in [1.165, 1.54) is 0 Å². The zero-order valence-electron chi connectivity index (χ0n) is 18.2. The predicted octanol–water partition coefficient (Wildman–Crippen LogP) is 3.30. The van der Waals surface area contributed by atoms with Crippen LogP contribution in [0.4, 0.5) is 0 Å². The van der Waals surface area contributed by atoms with E-state index in [1.54, 1.807) is 11.8 Å². The molecular formula is C22H37NO4. The number of carbonyl (C=O) groups is 1. The van der Waals surface area contributed by atoms with Crippen LogP contribution < -0.4 is 0 Å². The van der Waals surface area contributed by atoms with Gasteiger partial charge in [0.15, 0.2) is 0 Å². The van der Waals surface area contributed by atoms with E-state index in [1.807, 2.05) is 60.6 Å². The lowest BCUT2D eigenvalue weighted by Gasteiger charge is -2.47. The van der Waals surface area contributed by atoms with Crippen LogP contribution >= 0.6 is 0 Å². The number of aliphatic hydroxyl groups excluding tert-OH is 2. The van der Waals surface area contributed by atoms with Crippen molar-refractivity contribution in [1.29, 1.82) is 0 Å². The number of rotatable bonds is 6. The number of hydrogen-bond donors (Lipinski definition) is 3. The SMILES string of the molecule is Cc1cc(CCC(=O)N(C(C)(C)C)C(C)(CO)CO)cc(C(C)(C)C)c1O. The number of amides is 1. The van der Waals surface area contributed by atoms with Crippen LogP contribution in [0, 0.1) is 6.92 Å². The van der Waals surface area contributed by atoms with Crippen molar-refractivity contribution >= 4 is 5.91 Å². The molecule has 1 rings (SSSR count). The number of carbonyl (C=O) groups excluding carboxylic acids is 1. The predicted molar refractivity (Wildman–Crippen MR) is 109 cm³/mol. The Kier molecular flexibility index (Phi) is 7.11. The average molecular weight is 380 g/mol. The summed E-state index contributed by atoms with van der Waals surface area (Å²) in [6, 6.07) is 3.88. The normalized spacial score (nSPS) is 13.0. The minimum atomic E-state index is -1.02. The van der Waals surface area contributed by atoms with Crippen molar-refractivity contribution in [2.75, 3.05) is 13.2 Å². The highest BCUT2D eigenvalue weighted by Gasteiger charge is 2.40. The van der Waals surface area contributed by atoms with Crippen LogP contribution in [0.3, 0.4) is 0 Å². The molecule has 0 saturated carbocycles. The molecule has 1 aromatic rings. The van der Waals surface area contributed by atoms with Crippen molar-refractivity contribution in [2.45, 2.75) is 84.7 Å². The number of phenolic OH excluding ortho intramolecular Hbond substituents is 1. The molecule has 0 atom stereocenters. The minimum absolute atomic E-state index is 0.115. The lowest BCUT2D eigenvalue weighted by atomic mass is 9.83. The maximum absolute atomic E-state index is 13.0. The van der Waals surface area contributed by atoms with Crippen LogP contribution in [0.25, 0.3) is 0 Å². The Bertz CT molecular complexity index is 664. The van der Waals surface area contributed by atoms with Crippen molar-refractivity contribution in [3.8, 4) is 5.75 Å². The molecule has 0 aromatic heterocycles. The van der Waals surface area contributed by atoms with Gasteiger partial charge < -0.3 is 20.2 Å². The Morgan fingerprint density at radius 2 is 1.52 bits per heavy atom. The first-order chi connectivity index (χ1) is 12.2. The molecule has 0 aliphatic heterocycles. The zero-order valence-corrected chi connectivity index (χ0v) is 18.2. The number of phenols is 1. The van der Waals surface area contributed by atoms with Gasteiger partial charge in [-0.3, -0.25) is 4.79 Å². The molecule has 0 heterocycles. The molecule has 0 fully saturated rings. The standard InChI is InChI=1S/C22H37NO4/c1-15-11-16(12-17(19(15)27)20(2,3)4)9-10-18(26)23(21(5,6)7)22(8,13-24)14-25/h11-12,24-25,27H,9-10,13-14H2,1-8H3. The Balaban J connectivity index is 3.12. The highest BCUT2D eigenvalue weighted by atomic mass is 16.3. The summed E-state index contributed by atoms with van der Waals surface area (Å²) < 4.78 is 0. The first-order valence-electron chi connectivity index (χ1n) is 9.55. The van der Waals surface area contributed by atoms with E-state index in [2.05, 4.69) is 0 Å². The van der Waals surface area contributed by atoms with Gasteiger partial charge in [0.05, 0.1) is 18.8 Å². The molecule has 1 amide bonds. The fourth-order valence-electron chi connectivity index (χ4n) is 3.61. The minimum Gasteiger partial charge on any atom is -0.507 e. The van der Waals surface area contributed by atoms with Gasteiger partial charge in [-0.2, -0.15) is 0 Å². The Morgan fingerprint density at radius 1 is 1.00 bits per heavy atom. The molecule has 0 aliphatic rings. The van der Waals surface area contributed by atoms with E-state index in [0.29, 0.717) is 12.2 Å². The molecule has 0 unspecified atom stereocenters. The summed E-state index contributed by atoms with van der Waals surface area (Å²) in [6.45, 7) is 14.8. The maximum atomic E-state index is 13.0. The van der Waals surface area contributed by atoms with E-state index in [0.717, 1.165) is 16.7 Å². The Labute approximate surface area is 164 Å². The van der Waals surface area contributed by atoms with Crippen molar-refractivity contribution in [1.82, 2.24) is 4.90 Å². The number of aryl methyl sites for hydroxylation is 2. The lowest BCUT2D eigenvalue weighted by Crippen LogP contribution is -2.62. The van der Waals surface area contributed by atoms with Gasteiger partial charge in [-0.05, 0) is 63.1 Å². The first kappa shape index (κ1) is 23.4.